The summed E-state index contributed by atoms with van der Waals surface area (Å²) in [6, 6.07) is 13.6. The molecule has 0 aliphatic heterocycles. The minimum Gasteiger partial charge on any atom is -0.504 e. The van der Waals surface area contributed by atoms with Gasteiger partial charge in [-0.05, 0) is 36.8 Å². The number of hydrogen-bond donors (Lipinski definition) is 3. The van der Waals surface area contributed by atoms with E-state index in [9.17, 15) is 15.0 Å². The van der Waals surface area contributed by atoms with E-state index in [1.807, 2.05) is 13.0 Å². The third kappa shape index (κ3) is 5.87. The number of aromatic hydroxyl groups is 1. The third-order valence-corrected chi connectivity index (χ3v) is 3.92. The number of carbonyl (C=O) groups is 1. The molecule has 0 aliphatic carbocycles. The second kappa shape index (κ2) is 10.4. The molecule has 0 saturated heterocycles. The van der Waals surface area contributed by atoms with Crippen molar-refractivity contribution in [3.8, 4) is 11.5 Å². The summed E-state index contributed by atoms with van der Waals surface area (Å²) >= 11 is 0. The molecular weight excluding hydrogens is 350 g/mol. The van der Waals surface area contributed by atoms with Gasteiger partial charge >= 0.3 is 6.09 Å². The van der Waals surface area contributed by atoms with Crippen LogP contribution >= 0.6 is 0 Å². The molecule has 0 aromatic heterocycles. The van der Waals surface area contributed by atoms with Gasteiger partial charge in [0.05, 0.1) is 7.11 Å². The van der Waals surface area contributed by atoms with Crippen molar-refractivity contribution in [2.45, 2.75) is 25.6 Å². The summed E-state index contributed by atoms with van der Waals surface area (Å²) in [6.45, 7) is 2.07. The van der Waals surface area contributed by atoms with Crippen LogP contribution in [0.3, 0.4) is 0 Å². The number of aliphatic hydroxyl groups excluding tert-OH is 1. The van der Waals surface area contributed by atoms with Crippen LogP contribution in [0.1, 0.15) is 25.0 Å². The first-order valence-electron chi connectivity index (χ1n) is 8.71. The van der Waals surface area contributed by atoms with Gasteiger partial charge in [-0.1, -0.05) is 24.3 Å². The molecule has 7 heteroatoms. The first kappa shape index (κ1) is 20.5. The van der Waals surface area contributed by atoms with Gasteiger partial charge in [0.2, 0.25) is 0 Å². The molecule has 0 unspecified atom stereocenters. The Labute approximate surface area is 158 Å². The van der Waals surface area contributed by atoms with E-state index in [1.165, 1.54) is 13.2 Å². The highest BCUT2D eigenvalue weighted by Gasteiger charge is 2.28. The molecular formula is C20H25NO6. The third-order valence-electron chi connectivity index (χ3n) is 3.92. The number of aliphatic hydroxyl groups is 1. The topological polar surface area (TPSA) is 97.2 Å². The van der Waals surface area contributed by atoms with Crippen LogP contribution in [-0.2, 0) is 9.47 Å². The largest absolute Gasteiger partial charge is 0.504 e. The van der Waals surface area contributed by atoms with Crippen molar-refractivity contribution in [1.29, 1.82) is 0 Å². The number of phenols is 1. The van der Waals surface area contributed by atoms with Crippen LogP contribution in [0.25, 0.3) is 0 Å². The zero-order valence-corrected chi connectivity index (χ0v) is 15.4. The molecule has 2 aromatic rings. The number of nitrogens with one attached hydrogen (secondary N) is 1. The lowest BCUT2D eigenvalue weighted by atomic mass is 10.0. The SMILES string of the molecule is CCO[C@H](CCO)[C@H](OC(=O)Nc1ccccc1)c1ccc(OC)c(O)c1. The van der Waals surface area contributed by atoms with E-state index >= 15 is 0 Å². The highest BCUT2D eigenvalue weighted by Crippen LogP contribution is 2.33. The standard InChI is InChI=1S/C20H25NO6/c1-3-26-18(11-12-22)19(14-9-10-17(25-2)16(23)13-14)27-20(24)21-15-7-5-4-6-8-15/h4-10,13,18-19,22-23H,3,11-12H2,1-2H3,(H,21,24)/t18-,19-/m1/s1. The van der Waals surface area contributed by atoms with Crippen LogP contribution < -0.4 is 10.1 Å². The first-order chi connectivity index (χ1) is 13.1. The second-order valence-electron chi connectivity index (χ2n) is 5.75. The van der Waals surface area contributed by atoms with Crippen molar-refractivity contribution >= 4 is 11.8 Å². The van der Waals surface area contributed by atoms with Crippen molar-refractivity contribution in [2.75, 3.05) is 25.6 Å². The summed E-state index contributed by atoms with van der Waals surface area (Å²) in [4.78, 5) is 12.4. The number of ether oxygens (including phenoxy) is 3. The molecule has 0 bridgehead atoms. The summed E-state index contributed by atoms with van der Waals surface area (Å²) in [5, 5.41) is 22.1. The molecule has 146 valence electrons. The lowest BCUT2D eigenvalue weighted by Gasteiger charge is -2.27. The maximum atomic E-state index is 12.4. The lowest BCUT2D eigenvalue weighted by Crippen LogP contribution is -2.29. The highest BCUT2D eigenvalue weighted by atomic mass is 16.6. The van der Waals surface area contributed by atoms with Gasteiger partial charge in [-0.25, -0.2) is 4.79 Å². The highest BCUT2D eigenvalue weighted by molar-refractivity contribution is 5.84. The molecule has 0 heterocycles. The Bertz CT molecular complexity index is 716. The average Bonchev–Trinajstić information content (AvgIpc) is 2.67. The van der Waals surface area contributed by atoms with Gasteiger partial charge in [0.15, 0.2) is 17.6 Å². The van der Waals surface area contributed by atoms with E-state index in [4.69, 9.17) is 14.2 Å². The Morgan fingerprint density at radius 1 is 1.19 bits per heavy atom. The molecule has 0 fully saturated rings. The molecule has 27 heavy (non-hydrogen) atoms. The zero-order valence-electron chi connectivity index (χ0n) is 15.4. The van der Waals surface area contributed by atoms with E-state index in [-0.39, 0.29) is 18.8 Å². The number of hydrogen-bond acceptors (Lipinski definition) is 6. The van der Waals surface area contributed by atoms with E-state index in [2.05, 4.69) is 5.32 Å². The minimum absolute atomic E-state index is 0.0775. The lowest BCUT2D eigenvalue weighted by molar-refractivity contribution is -0.0484. The molecule has 0 aliphatic rings. The molecule has 1 amide bonds. The first-order valence-corrected chi connectivity index (χ1v) is 8.71. The van der Waals surface area contributed by atoms with Gasteiger partial charge in [0, 0.05) is 25.3 Å². The number of anilines is 1. The van der Waals surface area contributed by atoms with Gasteiger partial charge in [-0.2, -0.15) is 0 Å². The van der Waals surface area contributed by atoms with Crippen molar-refractivity contribution in [3.63, 3.8) is 0 Å². The molecule has 2 atom stereocenters. The Hall–Kier alpha value is -2.77. The molecule has 7 nitrogen and oxygen atoms in total. The van der Waals surface area contributed by atoms with Crippen molar-refractivity contribution in [3.05, 3.63) is 54.1 Å². The number of amides is 1. The van der Waals surface area contributed by atoms with Gasteiger partial charge in [-0.15, -0.1) is 0 Å². The van der Waals surface area contributed by atoms with E-state index in [0.717, 1.165) is 0 Å². The number of benzene rings is 2. The number of para-hydroxylation sites is 1. The van der Waals surface area contributed by atoms with Crippen LogP contribution in [0, 0.1) is 0 Å². The molecule has 0 saturated carbocycles. The maximum absolute atomic E-state index is 12.4. The van der Waals surface area contributed by atoms with Crippen molar-refractivity contribution in [1.82, 2.24) is 0 Å². The van der Waals surface area contributed by atoms with Gasteiger partial charge in [-0.3, -0.25) is 5.32 Å². The van der Waals surface area contributed by atoms with Crippen LogP contribution in [0.5, 0.6) is 11.5 Å². The average molecular weight is 375 g/mol. The number of methoxy groups -OCH3 is 1. The van der Waals surface area contributed by atoms with Crippen LogP contribution in [0.15, 0.2) is 48.5 Å². The number of rotatable bonds is 9. The van der Waals surface area contributed by atoms with Crippen LogP contribution in [-0.4, -0.2) is 42.7 Å². The molecule has 0 spiro atoms. The van der Waals surface area contributed by atoms with E-state index < -0.39 is 18.3 Å². The van der Waals surface area contributed by atoms with Gasteiger partial charge < -0.3 is 24.4 Å². The Morgan fingerprint density at radius 3 is 2.52 bits per heavy atom. The van der Waals surface area contributed by atoms with E-state index in [1.54, 1.807) is 36.4 Å². The smallest absolute Gasteiger partial charge is 0.412 e. The molecule has 3 N–H and O–H groups in total. The normalized spacial score (nSPS) is 12.9. The van der Waals surface area contributed by atoms with E-state index in [0.29, 0.717) is 23.6 Å². The summed E-state index contributed by atoms with van der Waals surface area (Å²) in [5.74, 6) is 0.229. The fraction of sp³-hybridized carbons (Fsp3) is 0.350. The number of carbonyl (C=O) groups excluding carboxylic acids is 1. The van der Waals surface area contributed by atoms with Crippen LogP contribution in [0.2, 0.25) is 0 Å². The summed E-state index contributed by atoms with van der Waals surface area (Å²) in [6.07, 6.45) is -1.79. The van der Waals surface area contributed by atoms with Crippen molar-refractivity contribution in [2.24, 2.45) is 0 Å². The maximum Gasteiger partial charge on any atom is 0.412 e. The monoisotopic (exact) mass is 375 g/mol. The Kier molecular flexibility index (Phi) is 7.91. The quantitative estimate of drug-likeness (QED) is 0.621. The molecule has 0 radical (unpaired) electrons. The van der Waals surface area contributed by atoms with Gasteiger partial charge in [0.25, 0.3) is 0 Å². The Morgan fingerprint density at radius 2 is 1.93 bits per heavy atom. The molecule has 2 aromatic carbocycles. The zero-order chi connectivity index (χ0) is 19.6. The predicted molar refractivity (Wildman–Crippen MR) is 101 cm³/mol. The van der Waals surface area contributed by atoms with Gasteiger partial charge in [0.1, 0.15) is 6.10 Å². The fourth-order valence-corrected chi connectivity index (χ4v) is 2.69. The minimum atomic E-state index is -0.822. The summed E-state index contributed by atoms with van der Waals surface area (Å²) in [5.41, 5.74) is 1.12. The number of phenolic OH excluding ortho intramolecular Hbond substituents is 1. The summed E-state index contributed by atoms with van der Waals surface area (Å²) < 4.78 is 16.3. The fourth-order valence-electron chi connectivity index (χ4n) is 2.69. The predicted octanol–water partition coefficient (Wildman–Crippen LogP) is 3.48. The van der Waals surface area contributed by atoms with Crippen LogP contribution in [0.4, 0.5) is 10.5 Å². The molecule has 2 rings (SSSR count). The summed E-state index contributed by atoms with van der Waals surface area (Å²) in [7, 11) is 1.45. The second-order valence-corrected chi connectivity index (χ2v) is 5.75. The Balaban J connectivity index is 2.25. The van der Waals surface area contributed by atoms with Crippen molar-refractivity contribution < 1.29 is 29.2 Å².